The van der Waals surface area contributed by atoms with E-state index in [1.54, 1.807) is 6.20 Å². The first-order valence-electron chi connectivity index (χ1n) is 8.02. The Balaban J connectivity index is 1.57. The lowest BCUT2D eigenvalue weighted by molar-refractivity contribution is -0.122. The highest BCUT2D eigenvalue weighted by molar-refractivity contribution is 5.93. The third-order valence-corrected chi connectivity index (χ3v) is 3.98. The molecule has 1 aromatic heterocycles. The van der Waals surface area contributed by atoms with E-state index < -0.39 is 0 Å². The van der Waals surface area contributed by atoms with Gasteiger partial charge in [-0.05, 0) is 49.2 Å². The van der Waals surface area contributed by atoms with Crippen LogP contribution in [0, 0.1) is 5.92 Å². The van der Waals surface area contributed by atoms with Gasteiger partial charge in [-0.2, -0.15) is 0 Å². The van der Waals surface area contributed by atoms with Gasteiger partial charge in [0.05, 0.1) is 11.9 Å². The predicted octanol–water partition coefficient (Wildman–Crippen LogP) is 3.52. The molecule has 2 aromatic rings. The number of benzene rings is 1. The smallest absolute Gasteiger partial charge is 0.227 e. The Hall–Kier alpha value is -2.89. The molecule has 0 unspecified atom stereocenters. The van der Waals surface area contributed by atoms with E-state index in [0.717, 1.165) is 30.6 Å². The van der Waals surface area contributed by atoms with Crippen LogP contribution < -0.4 is 16.0 Å². The van der Waals surface area contributed by atoms with Gasteiger partial charge in [0.15, 0.2) is 0 Å². The van der Waals surface area contributed by atoms with Crippen LogP contribution in [0.2, 0.25) is 0 Å². The fourth-order valence-corrected chi connectivity index (χ4v) is 2.44. The normalized spacial score (nSPS) is 13.7. The molecule has 0 bridgehead atoms. The highest BCUT2D eigenvalue weighted by atomic mass is 16.2. The summed E-state index contributed by atoms with van der Waals surface area (Å²) < 4.78 is 0. The number of hydrogen-bond acceptors (Lipinski definition) is 4. The largest absolute Gasteiger partial charge is 0.340 e. The van der Waals surface area contributed by atoms with E-state index in [9.17, 15) is 9.59 Å². The van der Waals surface area contributed by atoms with Crippen molar-refractivity contribution in [3.8, 4) is 0 Å². The topological polar surface area (TPSA) is 83.1 Å². The summed E-state index contributed by atoms with van der Waals surface area (Å²) in [7, 11) is 0. The predicted molar refractivity (Wildman–Crippen MR) is 94.2 cm³/mol. The van der Waals surface area contributed by atoms with Gasteiger partial charge in [0.2, 0.25) is 11.8 Å². The summed E-state index contributed by atoms with van der Waals surface area (Å²) in [5, 5.41) is 8.78. The van der Waals surface area contributed by atoms with Crippen LogP contribution in [-0.4, -0.2) is 16.8 Å². The number of amides is 2. The molecule has 1 aliphatic rings. The maximum Gasteiger partial charge on any atom is 0.227 e. The fraction of sp³-hybridized carbons (Fsp3) is 0.278. The van der Waals surface area contributed by atoms with Crippen molar-refractivity contribution in [2.24, 2.45) is 5.92 Å². The van der Waals surface area contributed by atoms with E-state index in [2.05, 4.69) is 20.9 Å². The number of aromatic nitrogens is 1. The zero-order chi connectivity index (χ0) is 16.9. The van der Waals surface area contributed by atoms with Gasteiger partial charge in [0.25, 0.3) is 0 Å². The van der Waals surface area contributed by atoms with Crippen molar-refractivity contribution < 1.29 is 9.59 Å². The maximum absolute atomic E-state index is 11.9. The van der Waals surface area contributed by atoms with Gasteiger partial charge in [-0.1, -0.05) is 6.42 Å². The van der Waals surface area contributed by atoms with E-state index in [1.807, 2.05) is 36.4 Å². The Kier molecular flexibility index (Phi) is 4.74. The third kappa shape index (κ3) is 4.10. The molecule has 6 heteroatoms. The van der Waals surface area contributed by atoms with Gasteiger partial charge in [-0.25, -0.2) is 4.98 Å². The monoisotopic (exact) mass is 324 g/mol. The molecular weight excluding hydrogens is 304 g/mol. The zero-order valence-electron chi connectivity index (χ0n) is 13.5. The van der Waals surface area contributed by atoms with E-state index in [0.29, 0.717) is 11.5 Å². The minimum atomic E-state index is -0.100. The summed E-state index contributed by atoms with van der Waals surface area (Å²) in [6.07, 6.45) is 4.74. The Bertz CT molecular complexity index is 722. The first kappa shape index (κ1) is 16.0. The molecule has 0 atom stereocenters. The van der Waals surface area contributed by atoms with Crippen LogP contribution in [0.1, 0.15) is 26.2 Å². The summed E-state index contributed by atoms with van der Waals surface area (Å²) in [4.78, 5) is 27.2. The third-order valence-electron chi connectivity index (χ3n) is 3.98. The van der Waals surface area contributed by atoms with E-state index in [-0.39, 0.29) is 17.7 Å². The summed E-state index contributed by atoms with van der Waals surface area (Å²) in [6.45, 7) is 1.47. The van der Waals surface area contributed by atoms with E-state index in [4.69, 9.17) is 0 Å². The second kappa shape index (κ2) is 7.12. The molecule has 6 nitrogen and oxygen atoms in total. The van der Waals surface area contributed by atoms with Crippen LogP contribution in [0.25, 0.3) is 0 Å². The van der Waals surface area contributed by atoms with Crippen molar-refractivity contribution in [2.45, 2.75) is 26.2 Å². The molecule has 0 spiro atoms. The van der Waals surface area contributed by atoms with Gasteiger partial charge in [0, 0.05) is 24.2 Å². The van der Waals surface area contributed by atoms with Crippen molar-refractivity contribution >= 4 is 34.7 Å². The minimum absolute atomic E-state index is 0.0809. The number of carbonyl (C=O) groups is 2. The average Bonchev–Trinajstić information content (AvgIpc) is 2.49. The van der Waals surface area contributed by atoms with Crippen LogP contribution in [0.15, 0.2) is 42.6 Å². The summed E-state index contributed by atoms with van der Waals surface area (Å²) in [6, 6.07) is 11.0. The molecule has 1 heterocycles. The lowest BCUT2D eigenvalue weighted by Gasteiger charge is -2.23. The quantitative estimate of drug-likeness (QED) is 0.786. The number of rotatable bonds is 5. The van der Waals surface area contributed by atoms with Crippen LogP contribution in [-0.2, 0) is 9.59 Å². The molecule has 1 aliphatic carbocycles. The van der Waals surface area contributed by atoms with Gasteiger partial charge < -0.3 is 16.0 Å². The molecule has 3 N–H and O–H groups in total. The lowest BCUT2D eigenvalue weighted by Crippen LogP contribution is -2.28. The van der Waals surface area contributed by atoms with Crippen LogP contribution >= 0.6 is 0 Å². The average molecular weight is 324 g/mol. The molecule has 1 aromatic carbocycles. The van der Waals surface area contributed by atoms with Crippen molar-refractivity contribution in [3.05, 3.63) is 42.6 Å². The Morgan fingerprint density at radius 3 is 2.17 bits per heavy atom. The number of nitrogens with one attached hydrogen (secondary N) is 3. The number of nitrogens with zero attached hydrogens (tertiary/aromatic N) is 1. The molecule has 0 radical (unpaired) electrons. The van der Waals surface area contributed by atoms with Crippen molar-refractivity contribution in [3.63, 3.8) is 0 Å². The molecule has 24 heavy (non-hydrogen) atoms. The molecule has 2 amide bonds. The summed E-state index contributed by atoms with van der Waals surface area (Å²) in [5.41, 5.74) is 2.32. The maximum atomic E-state index is 11.9. The van der Waals surface area contributed by atoms with Crippen LogP contribution in [0.4, 0.5) is 22.9 Å². The van der Waals surface area contributed by atoms with Crippen LogP contribution in [0.5, 0.6) is 0 Å². The Labute approximate surface area is 140 Å². The van der Waals surface area contributed by atoms with Crippen molar-refractivity contribution in [1.29, 1.82) is 0 Å². The highest BCUT2D eigenvalue weighted by Crippen LogP contribution is 2.27. The van der Waals surface area contributed by atoms with Gasteiger partial charge in [-0.15, -0.1) is 0 Å². The fourth-order valence-electron chi connectivity index (χ4n) is 2.44. The van der Waals surface area contributed by atoms with Crippen LogP contribution in [0.3, 0.4) is 0 Å². The summed E-state index contributed by atoms with van der Waals surface area (Å²) in [5.74, 6) is 0.822. The van der Waals surface area contributed by atoms with E-state index in [1.165, 1.54) is 6.92 Å². The molecule has 1 saturated carbocycles. The molecule has 3 rings (SSSR count). The SMILES string of the molecule is CC(=O)Nc1ccc(Nc2ccc(NC(=O)C3CCC3)cn2)cc1. The molecule has 1 fully saturated rings. The van der Waals surface area contributed by atoms with Gasteiger partial charge >= 0.3 is 0 Å². The molecule has 0 saturated heterocycles. The van der Waals surface area contributed by atoms with Gasteiger partial charge in [-0.3, -0.25) is 9.59 Å². The van der Waals surface area contributed by atoms with Gasteiger partial charge in [0.1, 0.15) is 5.82 Å². The highest BCUT2D eigenvalue weighted by Gasteiger charge is 2.25. The number of carbonyl (C=O) groups excluding carboxylic acids is 2. The Morgan fingerprint density at radius 2 is 1.62 bits per heavy atom. The Morgan fingerprint density at radius 1 is 0.958 bits per heavy atom. The first-order valence-corrected chi connectivity index (χ1v) is 8.02. The standard InChI is InChI=1S/C18H20N4O2/c1-12(23)20-14-5-7-15(8-6-14)21-17-10-9-16(11-19-17)22-18(24)13-3-2-4-13/h5-11,13H,2-4H2,1H3,(H,19,21)(H,20,23)(H,22,24). The van der Waals surface area contributed by atoms with E-state index >= 15 is 0 Å². The zero-order valence-corrected chi connectivity index (χ0v) is 13.5. The number of hydrogen-bond donors (Lipinski definition) is 3. The number of anilines is 4. The lowest BCUT2D eigenvalue weighted by atomic mass is 9.85. The summed E-state index contributed by atoms with van der Waals surface area (Å²) >= 11 is 0. The molecular formula is C18H20N4O2. The number of pyridine rings is 1. The first-order chi connectivity index (χ1) is 11.6. The molecule has 0 aliphatic heterocycles. The van der Waals surface area contributed by atoms with Crippen molar-refractivity contribution in [1.82, 2.24) is 4.98 Å². The minimum Gasteiger partial charge on any atom is -0.340 e. The molecule has 124 valence electrons. The second-order valence-electron chi connectivity index (χ2n) is 5.93. The second-order valence-corrected chi connectivity index (χ2v) is 5.93. The van der Waals surface area contributed by atoms with Crippen molar-refractivity contribution in [2.75, 3.05) is 16.0 Å².